The third-order valence-electron chi connectivity index (χ3n) is 5.88. The van der Waals surface area contributed by atoms with Gasteiger partial charge in [-0.15, -0.1) is 0 Å². The zero-order valence-electron chi connectivity index (χ0n) is 16.5. The van der Waals surface area contributed by atoms with Crippen LogP contribution in [-0.2, 0) is 6.42 Å². The lowest BCUT2D eigenvalue weighted by atomic mass is 9.96. The number of aryl methyl sites for hydroxylation is 1. The van der Waals surface area contributed by atoms with Gasteiger partial charge in [-0.25, -0.2) is 15.0 Å². The Morgan fingerprint density at radius 3 is 2.64 bits per heavy atom. The Hall–Kier alpha value is -2.79. The van der Waals surface area contributed by atoms with Gasteiger partial charge in [-0.2, -0.15) is 0 Å². The number of fused-ring (bicyclic) bond motifs is 2. The molecular formula is C23H25N5. The van der Waals surface area contributed by atoms with Crippen LogP contribution in [0.15, 0.2) is 48.9 Å². The van der Waals surface area contributed by atoms with Crippen LogP contribution in [0.2, 0.25) is 0 Å². The molecule has 4 aromatic rings. The molecule has 3 aromatic heterocycles. The molecule has 0 bridgehead atoms. The van der Waals surface area contributed by atoms with Crippen LogP contribution in [0.3, 0.4) is 0 Å². The minimum absolute atomic E-state index is 0.483. The van der Waals surface area contributed by atoms with Crippen LogP contribution in [0.5, 0.6) is 0 Å². The number of benzene rings is 1. The first-order valence-corrected chi connectivity index (χ1v) is 10.1. The Balaban J connectivity index is 1.47. The van der Waals surface area contributed by atoms with Crippen molar-refractivity contribution in [1.82, 2.24) is 24.3 Å². The summed E-state index contributed by atoms with van der Waals surface area (Å²) in [7, 11) is 2.18. The van der Waals surface area contributed by atoms with E-state index in [4.69, 9.17) is 9.97 Å². The topological polar surface area (TPSA) is 46.3 Å². The lowest BCUT2D eigenvalue weighted by Gasteiger charge is -2.27. The SMILES string of the molecule is CCc1cn2cc(-c3ccc4nc(C5CCN(C)CC5)ncc4c3)ccc2n1. The summed E-state index contributed by atoms with van der Waals surface area (Å²) in [6, 6.07) is 10.7. The van der Waals surface area contributed by atoms with Crippen molar-refractivity contribution in [2.24, 2.45) is 0 Å². The van der Waals surface area contributed by atoms with Gasteiger partial charge >= 0.3 is 0 Å². The number of aromatic nitrogens is 4. The molecule has 4 heterocycles. The van der Waals surface area contributed by atoms with Gasteiger partial charge < -0.3 is 9.30 Å². The van der Waals surface area contributed by atoms with E-state index in [1.165, 1.54) is 11.1 Å². The number of rotatable bonds is 3. The third-order valence-corrected chi connectivity index (χ3v) is 5.88. The molecule has 1 aromatic carbocycles. The zero-order valence-corrected chi connectivity index (χ0v) is 16.5. The van der Waals surface area contributed by atoms with E-state index in [-0.39, 0.29) is 0 Å². The summed E-state index contributed by atoms with van der Waals surface area (Å²) < 4.78 is 2.11. The van der Waals surface area contributed by atoms with Gasteiger partial charge in [0.15, 0.2) is 0 Å². The summed E-state index contributed by atoms with van der Waals surface area (Å²) in [4.78, 5) is 16.6. The van der Waals surface area contributed by atoms with Gasteiger partial charge in [0.2, 0.25) is 0 Å². The van der Waals surface area contributed by atoms with Gasteiger partial charge in [0.05, 0.1) is 11.2 Å². The van der Waals surface area contributed by atoms with E-state index in [0.717, 1.165) is 60.4 Å². The minimum atomic E-state index is 0.483. The van der Waals surface area contributed by atoms with Crippen molar-refractivity contribution in [2.75, 3.05) is 20.1 Å². The molecule has 28 heavy (non-hydrogen) atoms. The second-order valence-corrected chi connectivity index (χ2v) is 7.85. The van der Waals surface area contributed by atoms with E-state index in [1.54, 1.807) is 0 Å². The van der Waals surface area contributed by atoms with Gasteiger partial charge in [0.1, 0.15) is 11.5 Å². The highest BCUT2D eigenvalue weighted by molar-refractivity contribution is 5.84. The molecular weight excluding hydrogens is 346 g/mol. The van der Waals surface area contributed by atoms with Crippen molar-refractivity contribution in [3.05, 3.63) is 60.4 Å². The molecule has 1 aliphatic heterocycles. The average Bonchev–Trinajstić information content (AvgIpc) is 3.16. The fourth-order valence-electron chi connectivity index (χ4n) is 4.08. The Kier molecular flexibility index (Phi) is 4.32. The van der Waals surface area contributed by atoms with Gasteiger partial charge in [0.25, 0.3) is 0 Å². The molecule has 1 fully saturated rings. The van der Waals surface area contributed by atoms with Crippen molar-refractivity contribution >= 4 is 16.6 Å². The van der Waals surface area contributed by atoms with E-state index in [2.05, 4.69) is 71.0 Å². The Morgan fingerprint density at radius 1 is 1.00 bits per heavy atom. The molecule has 5 heteroatoms. The van der Waals surface area contributed by atoms with E-state index < -0.39 is 0 Å². The lowest BCUT2D eigenvalue weighted by molar-refractivity contribution is 0.251. The fraction of sp³-hybridized carbons (Fsp3) is 0.348. The number of nitrogens with zero attached hydrogens (tertiary/aromatic N) is 5. The summed E-state index contributed by atoms with van der Waals surface area (Å²) in [5.41, 5.74) is 5.49. The molecule has 5 nitrogen and oxygen atoms in total. The molecule has 0 aliphatic carbocycles. The molecule has 1 aliphatic rings. The van der Waals surface area contributed by atoms with Crippen LogP contribution >= 0.6 is 0 Å². The summed E-state index contributed by atoms with van der Waals surface area (Å²) >= 11 is 0. The second kappa shape index (κ2) is 6.99. The van der Waals surface area contributed by atoms with E-state index in [9.17, 15) is 0 Å². The quantitative estimate of drug-likeness (QED) is 0.538. The lowest BCUT2D eigenvalue weighted by Crippen LogP contribution is -2.29. The van der Waals surface area contributed by atoms with Crippen molar-refractivity contribution in [1.29, 1.82) is 0 Å². The van der Waals surface area contributed by atoms with Gasteiger partial charge in [-0.1, -0.05) is 13.0 Å². The van der Waals surface area contributed by atoms with Gasteiger partial charge in [-0.05, 0) is 74.8 Å². The first-order valence-electron chi connectivity index (χ1n) is 10.1. The Morgan fingerprint density at radius 2 is 1.82 bits per heavy atom. The third kappa shape index (κ3) is 3.16. The average molecular weight is 371 g/mol. The summed E-state index contributed by atoms with van der Waals surface area (Å²) in [5, 5.41) is 1.09. The Bertz CT molecular complexity index is 1140. The van der Waals surface area contributed by atoms with E-state index >= 15 is 0 Å². The molecule has 1 saturated heterocycles. The van der Waals surface area contributed by atoms with Crippen LogP contribution in [0.25, 0.3) is 27.7 Å². The molecule has 0 unspecified atom stereocenters. The van der Waals surface area contributed by atoms with Crippen LogP contribution in [0.4, 0.5) is 0 Å². The number of piperidine rings is 1. The predicted octanol–water partition coefficient (Wildman–Crippen LogP) is 4.32. The molecule has 0 N–H and O–H groups in total. The first-order chi connectivity index (χ1) is 13.7. The molecule has 0 radical (unpaired) electrons. The maximum atomic E-state index is 4.88. The highest BCUT2D eigenvalue weighted by Gasteiger charge is 2.20. The minimum Gasteiger partial charge on any atom is -0.306 e. The monoisotopic (exact) mass is 371 g/mol. The number of likely N-dealkylation sites (tertiary alicyclic amines) is 1. The highest BCUT2D eigenvalue weighted by atomic mass is 15.1. The number of hydrogen-bond donors (Lipinski definition) is 0. The van der Waals surface area contributed by atoms with Crippen LogP contribution in [0, 0.1) is 0 Å². The standard InChI is InChI=1S/C23H25N5/c1-3-20-15-28-14-18(5-7-22(28)25-20)17-4-6-21-19(12-17)13-24-23(26-21)16-8-10-27(2)11-9-16/h4-7,12-16H,3,8-11H2,1-2H3. The van der Waals surface area contributed by atoms with Gasteiger partial charge in [0, 0.05) is 29.9 Å². The molecule has 142 valence electrons. The smallest absolute Gasteiger partial charge is 0.137 e. The van der Waals surface area contributed by atoms with Crippen LogP contribution in [-0.4, -0.2) is 44.4 Å². The normalized spacial score (nSPS) is 16.2. The van der Waals surface area contributed by atoms with Crippen molar-refractivity contribution < 1.29 is 0 Å². The fourth-order valence-corrected chi connectivity index (χ4v) is 4.08. The Labute approximate surface area is 165 Å². The van der Waals surface area contributed by atoms with Crippen molar-refractivity contribution in [3.8, 4) is 11.1 Å². The number of pyridine rings is 1. The second-order valence-electron chi connectivity index (χ2n) is 7.85. The van der Waals surface area contributed by atoms with E-state index in [0.29, 0.717) is 5.92 Å². The highest BCUT2D eigenvalue weighted by Crippen LogP contribution is 2.28. The number of imidazole rings is 1. The zero-order chi connectivity index (χ0) is 19.1. The molecule has 0 spiro atoms. The molecule has 5 rings (SSSR count). The summed E-state index contributed by atoms with van der Waals surface area (Å²) in [6.45, 7) is 4.38. The largest absolute Gasteiger partial charge is 0.306 e. The maximum absolute atomic E-state index is 4.88. The summed E-state index contributed by atoms with van der Waals surface area (Å²) in [6.07, 6.45) is 9.48. The maximum Gasteiger partial charge on any atom is 0.137 e. The molecule has 0 atom stereocenters. The molecule has 0 saturated carbocycles. The first kappa shape index (κ1) is 17.3. The summed E-state index contributed by atoms with van der Waals surface area (Å²) in [5.74, 6) is 1.48. The van der Waals surface area contributed by atoms with Crippen LogP contribution < -0.4 is 0 Å². The number of hydrogen-bond acceptors (Lipinski definition) is 4. The predicted molar refractivity (Wildman–Crippen MR) is 113 cm³/mol. The van der Waals surface area contributed by atoms with Crippen molar-refractivity contribution in [3.63, 3.8) is 0 Å². The van der Waals surface area contributed by atoms with Gasteiger partial charge in [-0.3, -0.25) is 0 Å². The van der Waals surface area contributed by atoms with E-state index in [1.807, 2.05) is 6.20 Å². The van der Waals surface area contributed by atoms with Crippen LogP contribution in [0.1, 0.15) is 37.2 Å². The molecule has 0 amide bonds. The van der Waals surface area contributed by atoms with Crippen molar-refractivity contribution in [2.45, 2.75) is 32.1 Å².